The number of nitrogens with two attached hydrogens (primary N) is 1. The van der Waals surface area contributed by atoms with Gasteiger partial charge < -0.3 is 14.9 Å². The Labute approximate surface area is 122 Å². The molecule has 2 unspecified atom stereocenters. The molecule has 1 aliphatic rings. The molecule has 1 fully saturated rings. The Balaban J connectivity index is 1.97. The highest BCUT2D eigenvalue weighted by Gasteiger charge is 2.58. The van der Waals surface area contributed by atoms with Crippen LogP contribution in [-0.2, 0) is 11.3 Å². The number of likely N-dealkylation sites (N-methyl/N-ethyl adjacent to an activating group) is 1. The second-order valence-electron chi connectivity index (χ2n) is 6.41. The predicted octanol–water partition coefficient (Wildman–Crippen LogP) is 2.63. The molecular weight excluding hydrogens is 252 g/mol. The Morgan fingerprint density at radius 1 is 1.45 bits per heavy atom. The lowest BCUT2D eigenvalue weighted by Gasteiger charge is -2.60. The fourth-order valence-corrected chi connectivity index (χ4v) is 3.08. The average molecular weight is 280 g/mol. The van der Waals surface area contributed by atoms with E-state index in [9.17, 15) is 0 Å². The Morgan fingerprint density at radius 2 is 2.20 bits per heavy atom. The molecule has 0 radical (unpaired) electrons. The highest BCUT2D eigenvalue weighted by atomic mass is 16.5. The lowest BCUT2D eigenvalue weighted by molar-refractivity contribution is -0.156. The number of ether oxygens (including phenoxy) is 1. The monoisotopic (exact) mass is 280 g/mol. The first kappa shape index (κ1) is 15.5. The minimum Gasteiger partial charge on any atom is -0.468 e. The summed E-state index contributed by atoms with van der Waals surface area (Å²) in [6.07, 6.45) is 2.93. The van der Waals surface area contributed by atoms with Gasteiger partial charge in [0.15, 0.2) is 0 Å². The van der Waals surface area contributed by atoms with Crippen LogP contribution in [0.25, 0.3) is 0 Å². The number of rotatable bonds is 7. The molecule has 20 heavy (non-hydrogen) atoms. The summed E-state index contributed by atoms with van der Waals surface area (Å²) in [5.41, 5.74) is 6.48. The van der Waals surface area contributed by atoms with E-state index in [4.69, 9.17) is 14.9 Å². The van der Waals surface area contributed by atoms with E-state index in [0.717, 1.165) is 38.4 Å². The Kier molecular flexibility index (Phi) is 4.57. The summed E-state index contributed by atoms with van der Waals surface area (Å²) in [7, 11) is 0. The van der Waals surface area contributed by atoms with Gasteiger partial charge in [-0.2, -0.15) is 0 Å². The molecule has 1 saturated carbocycles. The van der Waals surface area contributed by atoms with Crippen molar-refractivity contribution in [3.8, 4) is 0 Å². The molecule has 1 aromatic heterocycles. The molecule has 114 valence electrons. The number of nitrogens with zero attached hydrogens (tertiary/aromatic N) is 1. The number of hydrogen-bond donors (Lipinski definition) is 1. The number of furan rings is 1. The van der Waals surface area contributed by atoms with E-state index in [1.165, 1.54) is 0 Å². The average Bonchev–Trinajstić information content (AvgIpc) is 2.90. The largest absolute Gasteiger partial charge is 0.468 e. The zero-order chi connectivity index (χ0) is 14.8. The van der Waals surface area contributed by atoms with Crippen LogP contribution in [0.4, 0.5) is 0 Å². The topological polar surface area (TPSA) is 51.6 Å². The van der Waals surface area contributed by atoms with Gasteiger partial charge in [-0.15, -0.1) is 0 Å². The zero-order valence-corrected chi connectivity index (χ0v) is 13.2. The quantitative estimate of drug-likeness (QED) is 0.834. The Bertz CT molecular complexity index is 416. The van der Waals surface area contributed by atoms with Crippen molar-refractivity contribution in [3.05, 3.63) is 24.2 Å². The summed E-state index contributed by atoms with van der Waals surface area (Å²) in [6.45, 7) is 12.1. The molecule has 1 aliphatic carbocycles. The first-order valence-electron chi connectivity index (χ1n) is 7.58. The summed E-state index contributed by atoms with van der Waals surface area (Å²) in [6, 6.07) is 3.94. The highest BCUT2D eigenvalue weighted by molar-refractivity contribution is 5.15. The van der Waals surface area contributed by atoms with Crippen LogP contribution in [-0.4, -0.2) is 36.2 Å². The van der Waals surface area contributed by atoms with Gasteiger partial charge in [0.2, 0.25) is 0 Å². The van der Waals surface area contributed by atoms with Crippen molar-refractivity contribution in [1.29, 1.82) is 0 Å². The van der Waals surface area contributed by atoms with Gasteiger partial charge >= 0.3 is 0 Å². The molecule has 0 aromatic carbocycles. The summed E-state index contributed by atoms with van der Waals surface area (Å²) < 4.78 is 11.2. The van der Waals surface area contributed by atoms with Gasteiger partial charge in [-0.3, -0.25) is 4.90 Å². The third-order valence-electron chi connectivity index (χ3n) is 4.92. The van der Waals surface area contributed by atoms with Crippen LogP contribution in [0.3, 0.4) is 0 Å². The van der Waals surface area contributed by atoms with Crippen LogP contribution in [0, 0.1) is 5.41 Å². The van der Waals surface area contributed by atoms with Crippen LogP contribution < -0.4 is 5.73 Å². The Morgan fingerprint density at radius 3 is 2.70 bits per heavy atom. The highest BCUT2D eigenvalue weighted by Crippen LogP contribution is 2.50. The summed E-state index contributed by atoms with van der Waals surface area (Å²) in [5, 5.41) is 0. The van der Waals surface area contributed by atoms with Gasteiger partial charge in [-0.1, -0.05) is 20.8 Å². The molecule has 0 spiro atoms. The maximum absolute atomic E-state index is 6.65. The van der Waals surface area contributed by atoms with Crippen molar-refractivity contribution in [3.63, 3.8) is 0 Å². The van der Waals surface area contributed by atoms with Crippen molar-refractivity contribution < 1.29 is 9.15 Å². The van der Waals surface area contributed by atoms with Gasteiger partial charge in [0.05, 0.1) is 18.9 Å². The van der Waals surface area contributed by atoms with Crippen molar-refractivity contribution in [2.24, 2.45) is 11.1 Å². The van der Waals surface area contributed by atoms with Crippen molar-refractivity contribution in [2.45, 2.75) is 52.3 Å². The standard InChI is InChI=1S/C16H28N2O2/c1-5-18(11-13-8-7-9-20-13)12-16(17)10-14(19-6-2)15(16,3)4/h7-9,14H,5-6,10-12,17H2,1-4H3. The predicted molar refractivity (Wildman–Crippen MR) is 80.4 cm³/mol. The van der Waals surface area contributed by atoms with Crippen molar-refractivity contribution in [2.75, 3.05) is 19.7 Å². The lowest BCUT2D eigenvalue weighted by atomic mass is 9.54. The van der Waals surface area contributed by atoms with Gasteiger partial charge in [0, 0.05) is 24.1 Å². The minimum absolute atomic E-state index is 0.0135. The van der Waals surface area contributed by atoms with Gasteiger partial charge in [0.25, 0.3) is 0 Å². The van der Waals surface area contributed by atoms with Gasteiger partial charge in [0.1, 0.15) is 5.76 Å². The van der Waals surface area contributed by atoms with Crippen LogP contribution >= 0.6 is 0 Å². The lowest BCUT2D eigenvalue weighted by Crippen LogP contribution is -2.73. The van der Waals surface area contributed by atoms with E-state index in [-0.39, 0.29) is 17.1 Å². The first-order chi connectivity index (χ1) is 9.43. The van der Waals surface area contributed by atoms with E-state index in [1.807, 2.05) is 19.1 Å². The second kappa shape index (κ2) is 5.88. The van der Waals surface area contributed by atoms with E-state index < -0.39 is 0 Å². The van der Waals surface area contributed by atoms with E-state index in [2.05, 4.69) is 25.7 Å². The third kappa shape index (κ3) is 2.78. The molecule has 0 amide bonds. The van der Waals surface area contributed by atoms with E-state index >= 15 is 0 Å². The van der Waals surface area contributed by atoms with E-state index in [0.29, 0.717) is 0 Å². The molecular formula is C16H28N2O2. The maximum atomic E-state index is 6.65. The van der Waals surface area contributed by atoms with E-state index in [1.54, 1.807) is 6.26 Å². The third-order valence-corrected chi connectivity index (χ3v) is 4.92. The smallest absolute Gasteiger partial charge is 0.117 e. The van der Waals surface area contributed by atoms with Crippen LogP contribution in [0.2, 0.25) is 0 Å². The van der Waals surface area contributed by atoms with Gasteiger partial charge in [-0.05, 0) is 32.0 Å². The molecule has 0 saturated heterocycles. The first-order valence-corrected chi connectivity index (χ1v) is 7.58. The molecule has 0 bridgehead atoms. The fraction of sp³-hybridized carbons (Fsp3) is 0.750. The van der Waals surface area contributed by atoms with Crippen LogP contribution in [0.15, 0.2) is 22.8 Å². The molecule has 2 N–H and O–H groups in total. The maximum Gasteiger partial charge on any atom is 0.117 e. The second-order valence-corrected chi connectivity index (χ2v) is 6.41. The molecule has 2 atom stereocenters. The molecule has 4 heteroatoms. The minimum atomic E-state index is -0.185. The summed E-state index contributed by atoms with van der Waals surface area (Å²) in [4.78, 5) is 2.35. The number of hydrogen-bond acceptors (Lipinski definition) is 4. The normalized spacial score (nSPS) is 28.6. The molecule has 1 heterocycles. The summed E-state index contributed by atoms with van der Waals surface area (Å²) in [5.74, 6) is 0.994. The molecule has 1 aromatic rings. The van der Waals surface area contributed by atoms with Gasteiger partial charge in [-0.25, -0.2) is 0 Å². The van der Waals surface area contributed by atoms with Crippen LogP contribution in [0.5, 0.6) is 0 Å². The molecule has 0 aliphatic heterocycles. The SMILES string of the molecule is CCOC1CC(N)(CN(CC)Cc2ccco2)C1(C)C. The molecule has 4 nitrogen and oxygen atoms in total. The zero-order valence-electron chi connectivity index (χ0n) is 13.2. The fourth-order valence-electron chi connectivity index (χ4n) is 3.08. The van der Waals surface area contributed by atoms with Crippen molar-refractivity contribution >= 4 is 0 Å². The summed E-state index contributed by atoms with van der Waals surface area (Å²) >= 11 is 0. The van der Waals surface area contributed by atoms with Crippen LogP contribution in [0.1, 0.15) is 39.9 Å². The molecule has 2 rings (SSSR count). The van der Waals surface area contributed by atoms with Crippen molar-refractivity contribution in [1.82, 2.24) is 4.90 Å². The Hall–Kier alpha value is -0.840.